The first-order valence-corrected chi connectivity index (χ1v) is 6.98. The van der Waals surface area contributed by atoms with E-state index < -0.39 is 5.97 Å². The highest BCUT2D eigenvalue weighted by Crippen LogP contribution is 2.13. The fraction of sp³-hybridized carbons (Fsp3) is 0.429. The van der Waals surface area contributed by atoms with Crippen molar-refractivity contribution < 1.29 is 14.7 Å². The molecule has 20 heavy (non-hydrogen) atoms. The maximum Gasteiger partial charge on any atom is 0.319 e. The van der Waals surface area contributed by atoms with Crippen LogP contribution < -0.4 is 10.6 Å². The molecule has 1 aromatic carbocycles. The van der Waals surface area contributed by atoms with Crippen LogP contribution >= 0.6 is 11.6 Å². The van der Waals surface area contributed by atoms with Crippen LogP contribution in [0.5, 0.6) is 0 Å². The Balaban J connectivity index is 2.05. The third-order valence-corrected chi connectivity index (χ3v) is 2.96. The first-order valence-electron chi connectivity index (χ1n) is 6.60. The van der Waals surface area contributed by atoms with Crippen molar-refractivity contribution in [2.75, 3.05) is 11.9 Å². The summed E-state index contributed by atoms with van der Waals surface area (Å²) in [7, 11) is 0. The third kappa shape index (κ3) is 7.63. The molecule has 3 N–H and O–H groups in total. The van der Waals surface area contributed by atoms with Gasteiger partial charge in [0.05, 0.1) is 0 Å². The summed E-state index contributed by atoms with van der Waals surface area (Å²) in [6.07, 6.45) is 3.52. The van der Waals surface area contributed by atoms with Gasteiger partial charge in [-0.15, -0.1) is 0 Å². The van der Waals surface area contributed by atoms with Gasteiger partial charge in [-0.25, -0.2) is 4.79 Å². The van der Waals surface area contributed by atoms with Gasteiger partial charge in [-0.05, 0) is 37.1 Å². The number of benzene rings is 1. The number of carboxylic acids is 1. The Labute approximate surface area is 123 Å². The molecule has 0 aliphatic rings. The molecule has 0 aliphatic heterocycles. The van der Waals surface area contributed by atoms with E-state index >= 15 is 0 Å². The molecule has 1 rings (SSSR count). The van der Waals surface area contributed by atoms with Crippen LogP contribution in [0.2, 0.25) is 5.02 Å². The van der Waals surface area contributed by atoms with Crippen molar-refractivity contribution in [3.63, 3.8) is 0 Å². The summed E-state index contributed by atoms with van der Waals surface area (Å²) in [5.41, 5.74) is 0.688. The molecule has 0 fully saturated rings. The van der Waals surface area contributed by atoms with Gasteiger partial charge in [0, 0.05) is 23.7 Å². The summed E-state index contributed by atoms with van der Waals surface area (Å²) in [6.45, 7) is 0.576. The summed E-state index contributed by atoms with van der Waals surface area (Å²) in [6, 6.07) is 6.62. The van der Waals surface area contributed by atoms with Gasteiger partial charge in [0.1, 0.15) is 0 Å². The van der Waals surface area contributed by atoms with Crippen molar-refractivity contribution in [2.45, 2.75) is 32.1 Å². The minimum Gasteiger partial charge on any atom is -0.481 e. The van der Waals surface area contributed by atoms with Crippen molar-refractivity contribution in [1.82, 2.24) is 5.32 Å². The summed E-state index contributed by atoms with van der Waals surface area (Å²) >= 11 is 5.75. The van der Waals surface area contributed by atoms with E-state index in [9.17, 15) is 9.59 Å². The second-order valence-electron chi connectivity index (χ2n) is 4.45. The number of amides is 2. The molecule has 0 radical (unpaired) electrons. The van der Waals surface area contributed by atoms with Gasteiger partial charge in [-0.3, -0.25) is 4.79 Å². The van der Waals surface area contributed by atoms with Crippen molar-refractivity contribution in [3.8, 4) is 0 Å². The number of carbonyl (C=O) groups is 2. The second kappa shape index (κ2) is 9.20. The first-order chi connectivity index (χ1) is 9.58. The first kappa shape index (κ1) is 16.3. The molecule has 0 aromatic heterocycles. The molecule has 110 valence electrons. The van der Waals surface area contributed by atoms with Crippen LogP contribution in [0.15, 0.2) is 24.3 Å². The number of halogens is 1. The van der Waals surface area contributed by atoms with Gasteiger partial charge >= 0.3 is 12.0 Å². The van der Waals surface area contributed by atoms with E-state index in [-0.39, 0.29) is 12.5 Å². The molecule has 0 saturated carbocycles. The molecular formula is C14H19ClN2O3. The molecule has 1 aromatic rings. The molecule has 0 aliphatic carbocycles. The lowest BCUT2D eigenvalue weighted by Crippen LogP contribution is -2.29. The van der Waals surface area contributed by atoms with Crippen LogP contribution in [-0.4, -0.2) is 23.7 Å². The zero-order valence-electron chi connectivity index (χ0n) is 11.2. The summed E-state index contributed by atoms with van der Waals surface area (Å²) in [5.74, 6) is -0.759. The quantitative estimate of drug-likeness (QED) is 0.643. The number of hydrogen-bond donors (Lipinski definition) is 3. The zero-order valence-corrected chi connectivity index (χ0v) is 11.9. The van der Waals surface area contributed by atoms with Crippen LogP contribution in [-0.2, 0) is 4.79 Å². The van der Waals surface area contributed by atoms with Crippen LogP contribution in [0.4, 0.5) is 10.5 Å². The number of carboxylic acid groups (broad SMARTS) is 1. The molecule has 5 nitrogen and oxygen atoms in total. The number of hydrogen-bond acceptors (Lipinski definition) is 2. The van der Waals surface area contributed by atoms with Gasteiger partial charge < -0.3 is 15.7 Å². The molecule has 0 heterocycles. The highest BCUT2D eigenvalue weighted by Gasteiger charge is 2.01. The maximum absolute atomic E-state index is 11.5. The Morgan fingerprint density at radius 1 is 1.05 bits per heavy atom. The standard InChI is InChI=1S/C14H19ClN2O3/c15-11-6-8-12(9-7-11)17-14(20)16-10-4-2-1-3-5-13(18)19/h6-9H,1-5,10H2,(H,18,19)(H2,16,17,20). The molecule has 0 unspecified atom stereocenters. The largest absolute Gasteiger partial charge is 0.481 e. The average molecular weight is 299 g/mol. The lowest BCUT2D eigenvalue weighted by Gasteiger charge is -2.07. The van der Waals surface area contributed by atoms with Gasteiger partial charge in [0.25, 0.3) is 0 Å². The monoisotopic (exact) mass is 298 g/mol. The van der Waals surface area contributed by atoms with Gasteiger partial charge in [0.15, 0.2) is 0 Å². The van der Waals surface area contributed by atoms with Crippen molar-refractivity contribution in [3.05, 3.63) is 29.3 Å². The molecule has 6 heteroatoms. The summed E-state index contributed by atoms with van der Waals surface area (Å²) in [4.78, 5) is 21.8. The van der Waals surface area contributed by atoms with E-state index in [2.05, 4.69) is 10.6 Å². The smallest absolute Gasteiger partial charge is 0.319 e. The highest BCUT2D eigenvalue weighted by atomic mass is 35.5. The molecule has 2 amide bonds. The van der Waals surface area contributed by atoms with E-state index in [1.165, 1.54) is 0 Å². The number of urea groups is 1. The average Bonchev–Trinajstić information content (AvgIpc) is 2.40. The van der Waals surface area contributed by atoms with Crippen LogP contribution in [0.1, 0.15) is 32.1 Å². The van der Waals surface area contributed by atoms with E-state index in [0.29, 0.717) is 23.7 Å². The van der Waals surface area contributed by atoms with E-state index in [4.69, 9.17) is 16.7 Å². The number of carbonyl (C=O) groups excluding carboxylic acids is 1. The van der Waals surface area contributed by atoms with Crippen molar-refractivity contribution >= 4 is 29.3 Å². The van der Waals surface area contributed by atoms with Gasteiger partial charge in [0.2, 0.25) is 0 Å². The molecule has 0 saturated heterocycles. The summed E-state index contributed by atoms with van der Waals surface area (Å²) in [5, 5.41) is 14.5. The molecule has 0 bridgehead atoms. The van der Waals surface area contributed by atoms with E-state index in [1.807, 2.05) is 0 Å². The number of unbranched alkanes of at least 4 members (excludes halogenated alkanes) is 3. The van der Waals surface area contributed by atoms with E-state index in [1.54, 1.807) is 24.3 Å². The fourth-order valence-electron chi connectivity index (χ4n) is 1.67. The lowest BCUT2D eigenvalue weighted by molar-refractivity contribution is -0.137. The van der Waals surface area contributed by atoms with Gasteiger partial charge in [-0.1, -0.05) is 24.4 Å². The second-order valence-corrected chi connectivity index (χ2v) is 4.88. The topological polar surface area (TPSA) is 78.4 Å². The SMILES string of the molecule is O=C(O)CCCCCCNC(=O)Nc1ccc(Cl)cc1. The molecule has 0 spiro atoms. The molecule has 0 atom stereocenters. The Hall–Kier alpha value is -1.75. The Morgan fingerprint density at radius 2 is 1.70 bits per heavy atom. The zero-order chi connectivity index (χ0) is 14.8. The highest BCUT2D eigenvalue weighted by molar-refractivity contribution is 6.30. The molecular weight excluding hydrogens is 280 g/mol. The normalized spacial score (nSPS) is 10.1. The van der Waals surface area contributed by atoms with Crippen LogP contribution in [0, 0.1) is 0 Å². The maximum atomic E-state index is 11.5. The Bertz CT molecular complexity index is 435. The predicted octanol–water partition coefficient (Wildman–Crippen LogP) is 3.50. The van der Waals surface area contributed by atoms with Crippen molar-refractivity contribution in [1.29, 1.82) is 0 Å². The Kier molecular flexibility index (Phi) is 7.50. The fourth-order valence-corrected chi connectivity index (χ4v) is 1.79. The van der Waals surface area contributed by atoms with E-state index in [0.717, 1.165) is 19.3 Å². The number of rotatable bonds is 8. The Morgan fingerprint density at radius 3 is 2.35 bits per heavy atom. The number of aliphatic carboxylic acids is 1. The number of nitrogens with one attached hydrogen (secondary N) is 2. The third-order valence-electron chi connectivity index (χ3n) is 2.71. The minimum absolute atomic E-state index is 0.213. The summed E-state index contributed by atoms with van der Waals surface area (Å²) < 4.78 is 0. The number of anilines is 1. The van der Waals surface area contributed by atoms with Crippen LogP contribution in [0.3, 0.4) is 0 Å². The van der Waals surface area contributed by atoms with Crippen molar-refractivity contribution in [2.24, 2.45) is 0 Å². The predicted molar refractivity (Wildman–Crippen MR) is 79.2 cm³/mol. The minimum atomic E-state index is -0.759. The van der Waals surface area contributed by atoms with Gasteiger partial charge in [-0.2, -0.15) is 0 Å². The lowest BCUT2D eigenvalue weighted by atomic mass is 10.1. The van der Waals surface area contributed by atoms with Crippen LogP contribution in [0.25, 0.3) is 0 Å².